The number of carbonyl (C=O) groups is 1. The molecule has 1 amide bonds. The smallest absolute Gasteiger partial charge is 0.222 e. The Morgan fingerprint density at radius 1 is 1.37 bits per heavy atom. The van der Waals surface area contributed by atoms with E-state index < -0.39 is 0 Å². The first-order valence-corrected chi connectivity index (χ1v) is 6.91. The van der Waals surface area contributed by atoms with E-state index in [9.17, 15) is 9.18 Å². The summed E-state index contributed by atoms with van der Waals surface area (Å²) in [7, 11) is 0. The Morgan fingerprint density at radius 2 is 2.11 bits per heavy atom. The fourth-order valence-electron chi connectivity index (χ4n) is 2.59. The Labute approximate surface area is 113 Å². The van der Waals surface area contributed by atoms with E-state index >= 15 is 0 Å². The number of halogens is 1. The van der Waals surface area contributed by atoms with Crippen molar-refractivity contribution in [3.05, 3.63) is 35.6 Å². The van der Waals surface area contributed by atoms with Gasteiger partial charge in [0.05, 0.1) is 0 Å². The van der Waals surface area contributed by atoms with Crippen LogP contribution >= 0.6 is 0 Å². The van der Waals surface area contributed by atoms with Crippen LogP contribution in [0, 0.1) is 11.7 Å². The molecule has 1 heterocycles. The number of rotatable bonds is 5. The zero-order valence-electron chi connectivity index (χ0n) is 11.1. The number of nitrogens with two attached hydrogens (primary N) is 1. The molecule has 1 fully saturated rings. The number of carbonyl (C=O) groups excluding carboxylic acids is 1. The monoisotopic (exact) mass is 264 g/mol. The van der Waals surface area contributed by atoms with E-state index in [0.717, 1.165) is 37.9 Å². The average molecular weight is 264 g/mol. The number of hydrogen-bond donors (Lipinski definition) is 1. The molecule has 1 unspecified atom stereocenters. The highest BCUT2D eigenvalue weighted by atomic mass is 19.1. The molecule has 104 valence electrons. The molecule has 1 atom stereocenters. The third-order valence-electron chi connectivity index (χ3n) is 3.67. The average Bonchev–Trinajstić information content (AvgIpc) is 2.87. The summed E-state index contributed by atoms with van der Waals surface area (Å²) in [6.07, 6.45) is 3.27. The summed E-state index contributed by atoms with van der Waals surface area (Å²) in [5, 5.41) is 0. The van der Waals surface area contributed by atoms with Crippen LogP contribution in [-0.4, -0.2) is 30.4 Å². The first kappa shape index (κ1) is 14.0. The van der Waals surface area contributed by atoms with Crippen LogP contribution in [0.25, 0.3) is 0 Å². The molecule has 1 aromatic rings. The van der Waals surface area contributed by atoms with Gasteiger partial charge in [0, 0.05) is 19.5 Å². The standard InChI is InChI=1S/C15H21FN2O/c16-14-5-3-12(4-6-14)10-13-7-9-18(11-13)15(19)2-1-8-17/h3-6,13H,1-2,7-11,17H2. The maximum atomic E-state index is 12.8. The van der Waals surface area contributed by atoms with Crippen molar-refractivity contribution in [1.29, 1.82) is 0 Å². The van der Waals surface area contributed by atoms with Crippen molar-refractivity contribution in [3.8, 4) is 0 Å². The minimum absolute atomic E-state index is 0.200. The first-order chi connectivity index (χ1) is 9.19. The van der Waals surface area contributed by atoms with Crippen LogP contribution in [0.2, 0.25) is 0 Å². The van der Waals surface area contributed by atoms with Crippen LogP contribution < -0.4 is 5.73 Å². The third-order valence-corrected chi connectivity index (χ3v) is 3.67. The molecule has 0 bridgehead atoms. The van der Waals surface area contributed by atoms with Crippen LogP contribution in [0.1, 0.15) is 24.8 Å². The molecule has 4 heteroatoms. The van der Waals surface area contributed by atoms with Crippen LogP contribution in [0.4, 0.5) is 4.39 Å². The van der Waals surface area contributed by atoms with Gasteiger partial charge in [0.25, 0.3) is 0 Å². The number of benzene rings is 1. The highest BCUT2D eigenvalue weighted by Gasteiger charge is 2.25. The summed E-state index contributed by atoms with van der Waals surface area (Å²) in [5.41, 5.74) is 6.56. The van der Waals surface area contributed by atoms with Gasteiger partial charge in [-0.15, -0.1) is 0 Å². The number of likely N-dealkylation sites (tertiary alicyclic amines) is 1. The van der Waals surface area contributed by atoms with Gasteiger partial charge in [0.2, 0.25) is 5.91 Å². The van der Waals surface area contributed by atoms with Gasteiger partial charge in [-0.1, -0.05) is 12.1 Å². The lowest BCUT2D eigenvalue weighted by Gasteiger charge is -2.16. The highest BCUT2D eigenvalue weighted by molar-refractivity contribution is 5.76. The molecule has 2 N–H and O–H groups in total. The third kappa shape index (κ3) is 4.03. The van der Waals surface area contributed by atoms with Gasteiger partial charge in [-0.05, 0) is 49.4 Å². The molecule has 1 aromatic carbocycles. The molecular weight excluding hydrogens is 243 g/mol. The van der Waals surface area contributed by atoms with Crippen molar-refractivity contribution in [2.75, 3.05) is 19.6 Å². The Hall–Kier alpha value is -1.42. The molecule has 0 saturated carbocycles. The molecule has 1 aliphatic heterocycles. The Balaban J connectivity index is 1.81. The van der Waals surface area contributed by atoms with Gasteiger partial charge < -0.3 is 10.6 Å². The topological polar surface area (TPSA) is 46.3 Å². The van der Waals surface area contributed by atoms with E-state index in [1.54, 1.807) is 0 Å². The summed E-state index contributed by atoms with van der Waals surface area (Å²) >= 11 is 0. The molecule has 0 radical (unpaired) electrons. The summed E-state index contributed by atoms with van der Waals surface area (Å²) in [6, 6.07) is 6.64. The maximum Gasteiger partial charge on any atom is 0.222 e. The first-order valence-electron chi connectivity index (χ1n) is 6.91. The second-order valence-corrected chi connectivity index (χ2v) is 5.22. The lowest BCUT2D eigenvalue weighted by molar-refractivity contribution is -0.130. The summed E-state index contributed by atoms with van der Waals surface area (Å²) < 4.78 is 12.8. The molecule has 19 heavy (non-hydrogen) atoms. The van der Waals surface area contributed by atoms with Crippen LogP contribution in [0.3, 0.4) is 0 Å². The molecule has 1 saturated heterocycles. The van der Waals surface area contributed by atoms with E-state index in [0.29, 0.717) is 18.9 Å². The summed E-state index contributed by atoms with van der Waals surface area (Å²) in [5.74, 6) is 0.508. The van der Waals surface area contributed by atoms with Gasteiger partial charge >= 0.3 is 0 Å². The van der Waals surface area contributed by atoms with E-state index in [1.165, 1.54) is 12.1 Å². The van der Waals surface area contributed by atoms with Gasteiger partial charge in [-0.3, -0.25) is 4.79 Å². The van der Waals surface area contributed by atoms with Crippen LogP contribution in [0.15, 0.2) is 24.3 Å². The molecule has 3 nitrogen and oxygen atoms in total. The van der Waals surface area contributed by atoms with E-state index in [2.05, 4.69) is 0 Å². The van der Waals surface area contributed by atoms with Gasteiger partial charge in [0.15, 0.2) is 0 Å². The number of amides is 1. The molecule has 2 rings (SSSR count). The Bertz CT molecular complexity index is 419. The summed E-state index contributed by atoms with van der Waals surface area (Å²) in [6.45, 7) is 2.23. The lowest BCUT2D eigenvalue weighted by Crippen LogP contribution is -2.29. The van der Waals surface area contributed by atoms with Crippen molar-refractivity contribution >= 4 is 5.91 Å². The largest absolute Gasteiger partial charge is 0.342 e. The van der Waals surface area contributed by atoms with Crippen molar-refractivity contribution < 1.29 is 9.18 Å². The van der Waals surface area contributed by atoms with Crippen molar-refractivity contribution in [3.63, 3.8) is 0 Å². The fraction of sp³-hybridized carbons (Fsp3) is 0.533. The minimum atomic E-state index is -0.200. The van der Waals surface area contributed by atoms with Crippen LogP contribution in [-0.2, 0) is 11.2 Å². The predicted octanol–water partition coefficient (Wildman–Crippen LogP) is 1.96. The molecule has 1 aliphatic rings. The zero-order chi connectivity index (χ0) is 13.7. The molecule has 0 aromatic heterocycles. The lowest BCUT2D eigenvalue weighted by atomic mass is 9.99. The van der Waals surface area contributed by atoms with Crippen molar-refractivity contribution in [1.82, 2.24) is 4.90 Å². The summed E-state index contributed by atoms with van der Waals surface area (Å²) in [4.78, 5) is 13.8. The minimum Gasteiger partial charge on any atom is -0.342 e. The molecular formula is C15H21FN2O. The Morgan fingerprint density at radius 3 is 2.79 bits per heavy atom. The quantitative estimate of drug-likeness (QED) is 0.883. The van der Waals surface area contributed by atoms with E-state index in [4.69, 9.17) is 5.73 Å². The number of hydrogen-bond acceptors (Lipinski definition) is 2. The van der Waals surface area contributed by atoms with Crippen molar-refractivity contribution in [2.45, 2.75) is 25.7 Å². The fourth-order valence-corrected chi connectivity index (χ4v) is 2.59. The molecule has 0 aliphatic carbocycles. The zero-order valence-corrected chi connectivity index (χ0v) is 11.1. The van der Waals surface area contributed by atoms with Crippen LogP contribution in [0.5, 0.6) is 0 Å². The van der Waals surface area contributed by atoms with E-state index in [1.807, 2.05) is 17.0 Å². The second-order valence-electron chi connectivity index (χ2n) is 5.22. The number of nitrogens with zero attached hydrogens (tertiary/aromatic N) is 1. The van der Waals surface area contributed by atoms with Crippen molar-refractivity contribution in [2.24, 2.45) is 11.7 Å². The van der Waals surface area contributed by atoms with E-state index in [-0.39, 0.29) is 11.7 Å². The Kier molecular flexibility index (Phi) is 4.91. The predicted molar refractivity (Wildman–Crippen MR) is 73.1 cm³/mol. The van der Waals surface area contributed by atoms with Gasteiger partial charge in [-0.25, -0.2) is 4.39 Å². The highest BCUT2D eigenvalue weighted by Crippen LogP contribution is 2.21. The maximum absolute atomic E-state index is 12.8. The normalized spacial score (nSPS) is 18.8. The van der Waals surface area contributed by atoms with Gasteiger partial charge in [-0.2, -0.15) is 0 Å². The van der Waals surface area contributed by atoms with Gasteiger partial charge in [0.1, 0.15) is 5.82 Å². The SMILES string of the molecule is NCCCC(=O)N1CCC(Cc2ccc(F)cc2)C1. The molecule has 0 spiro atoms. The second kappa shape index (κ2) is 6.66.